The molecule has 0 aromatic heterocycles. The van der Waals surface area contributed by atoms with Gasteiger partial charge >= 0.3 is 0 Å². The smallest absolute Gasteiger partial charge is 0.00696 e. The van der Waals surface area contributed by atoms with Gasteiger partial charge in [-0.25, -0.2) is 0 Å². The van der Waals surface area contributed by atoms with Gasteiger partial charge in [0.05, 0.1) is 0 Å². The van der Waals surface area contributed by atoms with Gasteiger partial charge in [-0.05, 0) is 6.08 Å². The van der Waals surface area contributed by atoms with Crippen molar-refractivity contribution in [2.24, 2.45) is 5.41 Å². The maximum Gasteiger partial charge on any atom is 0.00696 e. The van der Waals surface area contributed by atoms with Crippen molar-refractivity contribution in [1.29, 1.82) is 0 Å². The molecule has 0 saturated heterocycles. The van der Waals surface area contributed by atoms with Crippen molar-refractivity contribution in [2.45, 2.75) is 13.8 Å². The van der Waals surface area contributed by atoms with Crippen LogP contribution in [-0.4, -0.2) is 0 Å². The Hall–Kier alpha value is -0.520. The second-order valence-electron chi connectivity index (χ2n) is 2.10. The molecule has 0 heteroatoms. The van der Waals surface area contributed by atoms with Gasteiger partial charge in [-0.2, -0.15) is 0 Å². The van der Waals surface area contributed by atoms with Crippen LogP contribution in [0.25, 0.3) is 0 Å². The minimum Gasteiger partial charge on any atom is -0.102 e. The average Bonchev–Trinajstić information content (AvgIpc) is 1.68. The highest BCUT2D eigenvalue weighted by molar-refractivity contribution is 4.94. The third-order valence-corrected chi connectivity index (χ3v) is 0.966. The van der Waals surface area contributed by atoms with Crippen LogP contribution >= 0.6 is 0 Å². The van der Waals surface area contributed by atoms with Crippen molar-refractivity contribution in [3.8, 4) is 0 Å². The van der Waals surface area contributed by atoms with Crippen molar-refractivity contribution in [3.05, 3.63) is 25.3 Å². The molecule has 0 amide bonds. The molecule has 0 N–H and O–H groups in total. The molecule has 0 spiro atoms. The summed E-state index contributed by atoms with van der Waals surface area (Å²) in [5.74, 6) is 0. The lowest BCUT2D eigenvalue weighted by Gasteiger charge is -2.09. The standard InChI is InChI=1S/C7H11/c1-5-7(3,4)6-2/h5H,1-2H2,3-4H3. The molecule has 0 nitrogen and oxygen atoms in total. The first-order chi connectivity index (χ1) is 3.12. The Balaban J connectivity index is 3.82. The molecule has 0 heterocycles. The van der Waals surface area contributed by atoms with Crippen LogP contribution in [0.5, 0.6) is 0 Å². The van der Waals surface area contributed by atoms with Crippen LogP contribution in [0.1, 0.15) is 13.8 Å². The van der Waals surface area contributed by atoms with E-state index >= 15 is 0 Å². The van der Waals surface area contributed by atoms with Crippen molar-refractivity contribution in [1.82, 2.24) is 0 Å². The van der Waals surface area contributed by atoms with E-state index in [1.54, 1.807) is 0 Å². The zero-order valence-corrected chi connectivity index (χ0v) is 4.99. The molecule has 0 rings (SSSR count). The van der Waals surface area contributed by atoms with E-state index in [2.05, 4.69) is 19.2 Å². The minimum absolute atomic E-state index is 0.0139. The van der Waals surface area contributed by atoms with E-state index in [4.69, 9.17) is 0 Å². The second-order valence-corrected chi connectivity index (χ2v) is 2.10. The largest absolute Gasteiger partial charge is 0.102 e. The van der Waals surface area contributed by atoms with Crippen molar-refractivity contribution in [2.75, 3.05) is 0 Å². The zero-order chi connectivity index (χ0) is 5.91. The van der Waals surface area contributed by atoms with Gasteiger partial charge in [-0.3, -0.25) is 0 Å². The monoisotopic (exact) mass is 95.1 g/mol. The van der Waals surface area contributed by atoms with Crippen LogP contribution in [0.15, 0.2) is 19.2 Å². The molecule has 0 atom stereocenters. The van der Waals surface area contributed by atoms with Crippen molar-refractivity contribution < 1.29 is 0 Å². The normalized spacial score (nSPS) is 10.6. The van der Waals surface area contributed by atoms with E-state index in [1.165, 1.54) is 0 Å². The fourth-order valence-corrected chi connectivity index (χ4v) is 0.0722. The fourth-order valence-electron chi connectivity index (χ4n) is 0.0722. The van der Waals surface area contributed by atoms with E-state index in [-0.39, 0.29) is 5.41 Å². The summed E-state index contributed by atoms with van der Waals surface area (Å²) >= 11 is 0. The Morgan fingerprint density at radius 3 is 2.00 bits per heavy atom. The molecule has 0 aliphatic carbocycles. The highest BCUT2D eigenvalue weighted by Gasteiger charge is 2.04. The molecule has 7 heavy (non-hydrogen) atoms. The molecule has 0 aliphatic rings. The summed E-state index contributed by atoms with van der Waals surface area (Å²) in [4.78, 5) is 0. The second kappa shape index (κ2) is 1.97. The zero-order valence-electron chi connectivity index (χ0n) is 4.99. The SMILES string of the molecule is C=[C]C(C)(C)C=C. The van der Waals surface area contributed by atoms with E-state index in [0.717, 1.165) is 0 Å². The summed E-state index contributed by atoms with van der Waals surface area (Å²) in [7, 11) is 0. The number of rotatable bonds is 2. The van der Waals surface area contributed by atoms with Gasteiger partial charge in [0.2, 0.25) is 0 Å². The first-order valence-electron chi connectivity index (χ1n) is 2.30. The summed E-state index contributed by atoms with van der Waals surface area (Å²) < 4.78 is 0. The molecular formula is C7H11. The molecule has 39 valence electrons. The van der Waals surface area contributed by atoms with Crippen molar-refractivity contribution in [3.63, 3.8) is 0 Å². The predicted octanol–water partition coefficient (Wildman–Crippen LogP) is 2.19. The lowest BCUT2D eigenvalue weighted by molar-refractivity contribution is 0.608. The summed E-state index contributed by atoms with van der Waals surface area (Å²) in [5, 5.41) is 0. The first-order valence-corrected chi connectivity index (χ1v) is 2.30. The first kappa shape index (κ1) is 6.48. The van der Waals surface area contributed by atoms with Gasteiger partial charge in [0.25, 0.3) is 0 Å². The fraction of sp³-hybridized carbons (Fsp3) is 0.429. The Kier molecular flexibility index (Phi) is 1.82. The third-order valence-electron chi connectivity index (χ3n) is 0.966. The van der Waals surface area contributed by atoms with Crippen LogP contribution in [-0.2, 0) is 0 Å². The van der Waals surface area contributed by atoms with E-state index < -0.39 is 0 Å². The lowest BCUT2D eigenvalue weighted by Crippen LogP contribution is -2.00. The third kappa shape index (κ3) is 2.21. The molecule has 0 fully saturated rings. The highest BCUT2D eigenvalue weighted by Crippen LogP contribution is 2.14. The molecule has 1 radical (unpaired) electrons. The number of hydrogen-bond donors (Lipinski definition) is 0. The van der Waals surface area contributed by atoms with Crippen LogP contribution in [0.4, 0.5) is 0 Å². The van der Waals surface area contributed by atoms with E-state index in [0.29, 0.717) is 0 Å². The average molecular weight is 95.2 g/mol. The highest BCUT2D eigenvalue weighted by atomic mass is 14.1. The Bertz CT molecular complexity index is 68.0. The van der Waals surface area contributed by atoms with Crippen LogP contribution in [0, 0.1) is 11.5 Å². The number of hydrogen-bond acceptors (Lipinski definition) is 0. The van der Waals surface area contributed by atoms with Gasteiger partial charge in [-0.15, -0.1) is 6.58 Å². The Morgan fingerprint density at radius 2 is 2.00 bits per heavy atom. The summed E-state index contributed by atoms with van der Waals surface area (Å²) in [6.45, 7) is 11.1. The van der Waals surface area contributed by atoms with Crippen LogP contribution in [0.2, 0.25) is 0 Å². The van der Waals surface area contributed by atoms with E-state index in [9.17, 15) is 0 Å². The van der Waals surface area contributed by atoms with E-state index in [1.807, 2.05) is 19.9 Å². The quantitative estimate of drug-likeness (QED) is 0.461. The maximum atomic E-state index is 3.60. The summed E-state index contributed by atoms with van der Waals surface area (Å²) in [6.07, 6.45) is 4.64. The van der Waals surface area contributed by atoms with Gasteiger partial charge in [0, 0.05) is 5.41 Å². The van der Waals surface area contributed by atoms with Gasteiger partial charge in [0.1, 0.15) is 0 Å². The molecule has 0 unspecified atom stereocenters. The van der Waals surface area contributed by atoms with Crippen molar-refractivity contribution >= 4 is 0 Å². The Labute approximate surface area is 45.5 Å². The number of allylic oxidation sites excluding steroid dienone is 2. The van der Waals surface area contributed by atoms with Gasteiger partial charge in [-0.1, -0.05) is 26.5 Å². The molecule has 0 bridgehead atoms. The van der Waals surface area contributed by atoms with Gasteiger partial charge in [0.15, 0.2) is 0 Å². The minimum atomic E-state index is -0.0139. The predicted molar refractivity (Wildman–Crippen MR) is 32.8 cm³/mol. The van der Waals surface area contributed by atoms with Crippen LogP contribution < -0.4 is 0 Å². The maximum absolute atomic E-state index is 3.60. The molecule has 0 aliphatic heterocycles. The van der Waals surface area contributed by atoms with Crippen LogP contribution in [0.3, 0.4) is 0 Å². The lowest BCUT2D eigenvalue weighted by atomic mass is 9.95. The van der Waals surface area contributed by atoms with Gasteiger partial charge < -0.3 is 0 Å². The topological polar surface area (TPSA) is 0 Å². The molecule has 0 saturated carbocycles. The summed E-state index contributed by atoms with van der Waals surface area (Å²) in [5.41, 5.74) is -0.0139. The Morgan fingerprint density at radius 1 is 1.57 bits per heavy atom. The molecular weight excluding hydrogens is 84.1 g/mol. The molecule has 0 aromatic rings. The molecule has 0 aromatic carbocycles. The summed E-state index contributed by atoms with van der Waals surface area (Å²) in [6, 6.07) is 0.